The van der Waals surface area contributed by atoms with E-state index >= 15 is 0 Å². The fraction of sp³-hybridized carbons (Fsp3) is 1.00. The molecule has 2 aliphatic rings. The number of hydrogen-bond donors (Lipinski definition) is 1. The molecule has 2 nitrogen and oxygen atoms in total. The summed E-state index contributed by atoms with van der Waals surface area (Å²) < 4.78 is 0. The lowest BCUT2D eigenvalue weighted by Gasteiger charge is -2.27. The van der Waals surface area contributed by atoms with Crippen LogP contribution < -0.4 is 5.32 Å². The zero-order chi connectivity index (χ0) is 12.8. The van der Waals surface area contributed by atoms with E-state index in [9.17, 15) is 0 Å². The van der Waals surface area contributed by atoms with Crippen LogP contribution in [0, 0.1) is 5.92 Å². The molecular formula is C16H32N2. The molecule has 3 unspecified atom stereocenters. The van der Waals surface area contributed by atoms with Crippen molar-refractivity contribution in [2.75, 3.05) is 19.6 Å². The maximum Gasteiger partial charge on any atom is 0.0111 e. The van der Waals surface area contributed by atoms with E-state index in [4.69, 9.17) is 0 Å². The van der Waals surface area contributed by atoms with Gasteiger partial charge in [0.1, 0.15) is 0 Å². The number of nitrogens with one attached hydrogen (secondary N) is 1. The summed E-state index contributed by atoms with van der Waals surface area (Å²) in [6, 6.07) is 1.68. The molecule has 1 saturated carbocycles. The Bertz CT molecular complexity index is 229. The largest absolute Gasteiger partial charge is 0.314 e. The molecular weight excluding hydrogens is 220 g/mol. The minimum absolute atomic E-state index is 0.801. The number of nitrogens with zero attached hydrogens (tertiary/aromatic N) is 1. The highest BCUT2D eigenvalue weighted by molar-refractivity contribution is 4.87. The molecule has 1 saturated heterocycles. The van der Waals surface area contributed by atoms with Gasteiger partial charge in [0.2, 0.25) is 0 Å². The summed E-state index contributed by atoms with van der Waals surface area (Å²) in [7, 11) is 0. The zero-order valence-electron chi connectivity index (χ0n) is 12.5. The van der Waals surface area contributed by atoms with Crippen LogP contribution in [0.15, 0.2) is 0 Å². The van der Waals surface area contributed by atoms with Crippen LogP contribution in [0.5, 0.6) is 0 Å². The van der Waals surface area contributed by atoms with E-state index in [1.54, 1.807) is 0 Å². The third kappa shape index (κ3) is 3.96. The van der Waals surface area contributed by atoms with Gasteiger partial charge in [0.15, 0.2) is 0 Å². The quantitative estimate of drug-likeness (QED) is 0.806. The first-order chi connectivity index (χ1) is 8.83. The van der Waals surface area contributed by atoms with Crippen LogP contribution >= 0.6 is 0 Å². The second kappa shape index (κ2) is 7.49. The van der Waals surface area contributed by atoms with Gasteiger partial charge in [-0.1, -0.05) is 26.7 Å². The Hall–Kier alpha value is -0.0800. The highest BCUT2D eigenvalue weighted by Crippen LogP contribution is 2.29. The third-order valence-corrected chi connectivity index (χ3v) is 4.99. The van der Waals surface area contributed by atoms with Crippen molar-refractivity contribution in [1.29, 1.82) is 0 Å². The summed E-state index contributed by atoms with van der Waals surface area (Å²) >= 11 is 0. The Labute approximate surface area is 114 Å². The van der Waals surface area contributed by atoms with Gasteiger partial charge in [0.05, 0.1) is 0 Å². The van der Waals surface area contributed by atoms with E-state index in [-0.39, 0.29) is 0 Å². The highest BCUT2D eigenvalue weighted by Gasteiger charge is 2.29. The summed E-state index contributed by atoms with van der Waals surface area (Å²) in [6.45, 7) is 8.43. The molecule has 0 amide bonds. The van der Waals surface area contributed by atoms with Gasteiger partial charge in [-0.05, 0) is 64.1 Å². The van der Waals surface area contributed by atoms with Crippen LogP contribution in [-0.2, 0) is 0 Å². The Kier molecular flexibility index (Phi) is 5.97. The summed E-state index contributed by atoms with van der Waals surface area (Å²) in [5.74, 6) is 1.02. The molecule has 2 heteroatoms. The zero-order valence-corrected chi connectivity index (χ0v) is 12.5. The molecule has 18 heavy (non-hydrogen) atoms. The molecule has 0 radical (unpaired) electrons. The van der Waals surface area contributed by atoms with Gasteiger partial charge >= 0.3 is 0 Å². The van der Waals surface area contributed by atoms with Crippen molar-refractivity contribution < 1.29 is 0 Å². The molecule has 0 aromatic rings. The maximum absolute atomic E-state index is 3.63. The Morgan fingerprint density at radius 1 is 1.06 bits per heavy atom. The summed E-state index contributed by atoms with van der Waals surface area (Å²) in [5.41, 5.74) is 0. The second-order valence-electron chi connectivity index (χ2n) is 6.34. The average molecular weight is 252 g/mol. The average Bonchev–Trinajstić information content (AvgIpc) is 2.70. The standard InChI is InChI=1S/C16H32N2/c1-3-6-14-7-5-11-18(12-10-14)16-9-8-15(13-16)17-4-2/h14-17H,3-13H2,1-2H3. The van der Waals surface area contributed by atoms with Gasteiger partial charge in [-0.25, -0.2) is 0 Å². The predicted molar refractivity (Wildman–Crippen MR) is 78.9 cm³/mol. The van der Waals surface area contributed by atoms with Gasteiger partial charge in [0.25, 0.3) is 0 Å². The Morgan fingerprint density at radius 3 is 2.72 bits per heavy atom. The van der Waals surface area contributed by atoms with E-state index in [0.29, 0.717) is 0 Å². The van der Waals surface area contributed by atoms with Crippen LogP contribution in [-0.4, -0.2) is 36.6 Å². The first-order valence-electron chi connectivity index (χ1n) is 8.30. The SMILES string of the molecule is CCCC1CCCN(C2CCC(NCC)C2)CC1. The smallest absolute Gasteiger partial charge is 0.0111 e. The predicted octanol–water partition coefficient (Wildman–Crippen LogP) is 3.42. The molecule has 1 aliphatic heterocycles. The van der Waals surface area contributed by atoms with Crippen molar-refractivity contribution in [3.05, 3.63) is 0 Å². The van der Waals surface area contributed by atoms with E-state index in [0.717, 1.165) is 24.5 Å². The van der Waals surface area contributed by atoms with Crippen LogP contribution in [0.3, 0.4) is 0 Å². The molecule has 1 N–H and O–H groups in total. The van der Waals surface area contributed by atoms with Crippen LogP contribution in [0.4, 0.5) is 0 Å². The van der Waals surface area contributed by atoms with E-state index in [2.05, 4.69) is 24.1 Å². The van der Waals surface area contributed by atoms with Gasteiger partial charge in [-0.2, -0.15) is 0 Å². The van der Waals surface area contributed by atoms with Crippen molar-refractivity contribution in [3.63, 3.8) is 0 Å². The molecule has 2 rings (SSSR count). The Balaban J connectivity index is 1.76. The maximum atomic E-state index is 3.63. The summed E-state index contributed by atoms with van der Waals surface area (Å²) in [5, 5.41) is 3.63. The van der Waals surface area contributed by atoms with Crippen LogP contribution in [0.25, 0.3) is 0 Å². The lowest BCUT2D eigenvalue weighted by molar-refractivity contribution is 0.200. The Morgan fingerprint density at radius 2 is 1.94 bits per heavy atom. The van der Waals surface area contributed by atoms with Crippen LogP contribution in [0.2, 0.25) is 0 Å². The van der Waals surface area contributed by atoms with Crippen molar-refractivity contribution >= 4 is 0 Å². The van der Waals surface area contributed by atoms with E-state index in [1.165, 1.54) is 64.5 Å². The van der Waals surface area contributed by atoms with Crippen molar-refractivity contribution in [3.8, 4) is 0 Å². The van der Waals surface area contributed by atoms with E-state index < -0.39 is 0 Å². The minimum Gasteiger partial charge on any atom is -0.314 e. The molecule has 0 bridgehead atoms. The molecule has 0 aromatic heterocycles. The van der Waals surface area contributed by atoms with Gasteiger partial charge < -0.3 is 10.2 Å². The molecule has 2 fully saturated rings. The lowest BCUT2D eigenvalue weighted by atomic mass is 9.96. The highest BCUT2D eigenvalue weighted by atomic mass is 15.2. The first kappa shape index (κ1) is 14.3. The molecule has 3 atom stereocenters. The summed E-state index contributed by atoms with van der Waals surface area (Å²) in [4.78, 5) is 2.81. The minimum atomic E-state index is 0.801. The third-order valence-electron chi connectivity index (χ3n) is 4.99. The number of likely N-dealkylation sites (tertiary alicyclic amines) is 1. The number of rotatable bonds is 5. The fourth-order valence-corrected chi connectivity index (χ4v) is 4.01. The second-order valence-corrected chi connectivity index (χ2v) is 6.34. The van der Waals surface area contributed by atoms with Gasteiger partial charge in [0, 0.05) is 12.1 Å². The first-order valence-corrected chi connectivity index (χ1v) is 8.30. The summed E-state index contributed by atoms with van der Waals surface area (Å²) in [6.07, 6.45) is 11.4. The van der Waals surface area contributed by atoms with Crippen molar-refractivity contribution in [2.24, 2.45) is 5.92 Å². The molecule has 1 aliphatic carbocycles. The normalized spacial score (nSPS) is 34.7. The van der Waals surface area contributed by atoms with Crippen molar-refractivity contribution in [2.45, 2.75) is 77.3 Å². The monoisotopic (exact) mass is 252 g/mol. The number of hydrogen-bond acceptors (Lipinski definition) is 2. The van der Waals surface area contributed by atoms with Gasteiger partial charge in [-0.3, -0.25) is 0 Å². The van der Waals surface area contributed by atoms with E-state index in [1.807, 2.05) is 0 Å². The lowest BCUT2D eigenvalue weighted by Crippen LogP contribution is -2.36. The molecule has 1 heterocycles. The molecule has 106 valence electrons. The fourth-order valence-electron chi connectivity index (χ4n) is 4.01. The van der Waals surface area contributed by atoms with Crippen molar-refractivity contribution in [1.82, 2.24) is 10.2 Å². The molecule has 0 spiro atoms. The van der Waals surface area contributed by atoms with Gasteiger partial charge in [-0.15, -0.1) is 0 Å². The molecule has 0 aromatic carbocycles. The topological polar surface area (TPSA) is 15.3 Å². The van der Waals surface area contributed by atoms with Crippen LogP contribution in [0.1, 0.15) is 65.2 Å².